The zero-order valence-electron chi connectivity index (χ0n) is 19.2. The summed E-state index contributed by atoms with van der Waals surface area (Å²) in [5.74, 6) is -1.13. The molecule has 6 nitrogen and oxygen atoms in total. The first-order valence-electron chi connectivity index (χ1n) is 11.4. The summed E-state index contributed by atoms with van der Waals surface area (Å²) >= 11 is 0. The molecule has 0 radical (unpaired) electrons. The summed E-state index contributed by atoms with van der Waals surface area (Å²) in [6, 6.07) is 19.7. The van der Waals surface area contributed by atoms with E-state index in [9.17, 15) is 19.8 Å². The Hall–Kier alpha value is -4.06. The molecule has 0 bridgehead atoms. The van der Waals surface area contributed by atoms with E-state index in [4.69, 9.17) is 4.74 Å². The van der Waals surface area contributed by atoms with Crippen molar-refractivity contribution < 1.29 is 24.5 Å². The van der Waals surface area contributed by atoms with E-state index < -0.39 is 17.7 Å². The van der Waals surface area contributed by atoms with Crippen LogP contribution in [-0.2, 0) is 16.0 Å². The number of aryl methyl sites for hydroxylation is 1. The predicted octanol–water partition coefficient (Wildman–Crippen LogP) is 5.37. The van der Waals surface area contributed by atoms with E-state index in [-0.39, 0.29) is 17.1 Å². The summed E-state index contributed by atoms with van der Waals surface area (Å²) in [7, 11) is 0. The van der Waals surface area contributed by atoms with Gasteiger partial charge in [0.25, 0.3) is 11.7 Å². The lowest BCUT2D eigenvalue weighted by Gasteiger charge is -2.25. The molecule has 1 amide bonds. The number of Topliss-reactive ketones (excluding diaryl/α,β-unsaturated/α-hetero) is 1. The SMILES string of the molecule is CCCOc1cccc(/C(O)=C2/C(=O)C(=O)N(c3ccc(CC)cc3)C2c2ccc(O)cc2)c1. The normalized spacial score (nSPS) is 17.2. The van der Waals surface area contributed by atoms with E-state index >= 15 is 0 Å². The quantitative estimate of drug-likeness (QED) is 0.283. The maximum Gasteiger partial charge on any atom is 0.300 e. The molecule has 174 valence electrons. The van der Waals surface area contributed by atoms with E-state index in [2.05, 4.69) is 0 Å². The van der Waals surface area contributed by atoms with Gasteiger partial charge in [-0.2, -0.15) is 0 Å². The maximum atomic E-state index is 13.2. The molecule has 1 heterocycles. The molecular formula is C28H27NO5. The van der Waals surface area contributed by atoms with Crippen LogP contribution in [0.2, 0.25) is 0 Å². The van der Waals surface area contributed by atoms with Gasteiger partial charge in [-0.3, -0.25) is 14.5 Å². The summed E-state index contributed by atoms with van der Waals surface area (Å²) in [4.78, 5) is 27.9. The van der Waals surface area contributed by atoms with Crippen molar-refractivity contribution in [2.75, 3.05) is 11.5 Å². The van der Waals surface area contributed by atoms with Crippen molar-refractivity contribution in [2.24, 2.45) is 0 Å². The molecule has 0 aliphatic carbocycles. The molecule has 1 saturated heterocycles. The van der Waals surface area contributed by atoms with Crippen molar-refractivity contribution in [3.63, 3.8) is 0 Å². The highest BCUT2D eigenvalue weighted by Crippen LogP contribution is 2.42. The minimum atomic E-state index is -0.853. The average Bonchev–Trinajstić information content (AvgIpc) is 3.13. The van der Waals surface area contributed by atoms with Gasteiger partial charge < -0.3 is 14.9 Å². The number of carbonyl (C=O) groups excluding carboxylic acids is 2. The van der Waals surface area contributed by atoms with Crippen molar-refractivity contribution in [1.29, 1.82) is 0 Å². The fraction of sp³-hybridized carbons (Fsp3) is 0.214. The van der Waals surface area contributed by atoms with E-state index in [1.807, 2.05) is 26.0 Å². The van der Waals surface area contributed by atoms with Crippen LogP contribution in [0.1, 0.15) is 43.0 Å². The molecule has 34 heavy (non-hydrogen) atoms. The number of ether oxygens (including phenoxy) is 1. The number of hydrogen-bond donors (Lipinski definition) is 2. The first-order chi connectivity index (χ1) is 16.4. The minimum absolute atomic E-state index is 0.0112. The van der Waals surface area contributed by atoms with Gasteiger partial charge in [0.2, 0.25) is 0 Å². The van der Waals surface area contributed by atoms with Gasteiger partial charge in [-0.1, -0.05) is 50.2 Å². The monoisotopic (exact) mass is 457 g/mol. The second kappa shape index (κ2) is 9.83. The third-order valence-electron chi connectivity index (χ3n) is 5.86. The number of carbonyl (C=O) groups is 2. The lowest BCUT2D eigenvalue weighted by molar-refractivity contribution is -0.132. The lowest BCUT2D eigenvalue weighted by atomic mass is 9.95. The van der Waals surface area contributed by atoms with Gasteiger partial charge in [-0.25, -0.2) is 0 Å². The molecule has 1 fully saturated rings. The van der Waals surface area contributed by atoms with Gasteiger partial charge in [-0.05, 0) is 60.4 Å². The molecule has 0 saturated carbocycles. The van der Waals surface area contributed by atoms with Gasteiger partial charge in [0.05, 0.1) is 18.2 Å². The van der Waals surface area contributed by atoms with Crippen molar-refractivity contribution in [3.05, 3.63) is 95.1 Å². The number of hydrogen-bond acceptors (Lipinski definition) is 5. The van der Waals surface area contributed by atoms with Crippen LogP contribution in [0.3, 0.4) is 0 Å². The fourth-order valence-corrected chi connectivity index (χ4v) is 4.07. The first kappa shape index (κ1) is 23.1. The molecule has 1 atom stereocenters. The third kappa shape index (κ3) is 4.39. The summed E-state index contributed by atoms with van der Waals surface area (Å²) in [6.07, 6.45) is 1.68. The molecule has 1 aliphatic heterocycles. The van der Waals surface area contributed by atoms with E-state index in [0.717, 1.165) is 18.4 Å². The van der Waals surface area contributed by atoms with Gasteiger partial charge >= 0.3 is 0 Å². The van der Waals surface area contributed by atoms with Crippen molar-refractivity contribution in [1.82, 2.24) is 0 Å². The number of aromatic hydroxyl groups is 1. The molecule has 3 aromatic rings. The van der Waals surface area contributed by atoms with Gasteiger partial charge in [0.15, 0.2) is 0 Å². The highest BCUT2D eigenvalue weighted by atomic mass is 16.5. The smallest absolute Gasteiger partial charge is 0.300 e. The molecular weight excluding hydrogens is 430 g/mol. The third-order valence-corrected chi connectivity index (χ3v) is 5.86. The van der Waals surface area contributed by atoms with E-state index in [0.29, 0.717) is 29.2 Å². The van der Waals surface area contributed by atoms with Crippen LogP contribution in [0.5, 0.6) is 11.5 Å². The second-order valence-electron chi connectivity index (χ2n) is 8.16. The molecule has 1 unspecified atom stereocenters. The summed E-state index contributed by atoms with van der Waals surface area (Å²) in [6.45, 7) is 4.56. The van der Waals surface area contributed by atoms with Crippen molar-refractivity contribution in [2.45, 2.75) is 32.7 Å². The predicted molar refractivity (Wildman–Crippen MR) is 131 cm³/mol. The number of nitrogens with zero attached hydrogens (tertiary/aromatic N) is 1. The van der Waals surface area contributed by atoms with Crippen LogP contribution in [-0.4, -0.2) is 28.5 Å². The summed E-state index contributed by atoms with van der Waals surface area (Å²) < 4.78 is 5.67. The van der Waals surface area contributed by atoms with Crippen LogP contribution < -0.4 is 9.64 Å². The number of anilines is 1. The van der Waals surface area contributed by atoms with Crippen molar-refractivity contribution >= 4 is 23.1 Å². The fourth-order valence-electron chi connectivity index (χ4n) is 4.07. The Labute approximate surface area is 198 Å². The van der Waals surface area contributed by atoms with Crippen LogP contribution in [0, 0.1) is 0 Å². The van der Waals surface area contributed by atoms with Gasteiger partial charge in [-0.15, -0.1) is 0 Å². The molecule has 2 N–H and O–H groups in total. The number of rotatable bonds is 7. The van der Waals surface area contributed by atoms with Crippen LogP contribution in [0.15, 0.2) is 78.4 Å². The molecule has 4 rings (SSSR count). The number of phenols is 1. The maximum absolute atomic E-state index is 13.2. The van der Waals surface area contributed by atoms with E-state index in [1.54, 1.807) is 48.5 Å². The van der Waals surface area contributed by atoms with Crippen LogP contribution >= 0.6 is 0 Å². The molecule has 6 heteroatoms. The highest BCUT2D eigenvalue weighted by Gasteiger charge is 2.47. The number of aliphatic hydroxyl groups is 1. The Morgan fingerprint density at radius 2 is 1.68 bits per heavy atom. The Morgan fingerprint density at radius 1 is 0.971 bits per heavy atom. The minimum Gasteiger partial charge on any atom is -0.508 e. The van der Waals surface area contributed by atoms with Gasteiger partial charge in [0, 0.05) is 11.3 Å². The van der Waals surface area contributed by atoms with E-state index in [1.165, 1.54) is 17.0 Å². The highest BCUT2D eigenvalue weighted by molar-refractivity contribution is 6.51. The Bertz CT molecular complexity index is 1230. The molecule has 1 aliphatic rings. The summed E-state index contributed by atoms with van der Waals surface area (Å²) in [5.41, 5.74) is 2.62. The summed E-state index contributed by atoms with van der Waals surface area (Å²) in [5, 5.41) is 21.0. The van der Waals surface area contributed by atoms with Crippen molar-refractivity contribution in [3.8, 4) is 11.5 Å². The number of ketones is 1. The molecule has 0 spiro atoms. The number of aliphatic hydroxyl groups excluding tert-OH is 1. The molecule has 3 aromatic carbocycles. The number of benzene rings is 3. The largest absolute Gasteiger partial charge is 0.508 e. The topological polar surface area (TPSA) is 87.1 Å². The lowest BCUT2D eigenvalue weighted by Crippen LogP contribution is -2.29. The van der Waals surface area contributed by atoms with Gasteiger partial charge in [0.1, 0.15) is 17.3 Å². The number of amides is 1. The van der Waals surface area contributed by atoms with Crippen LogP contribution in [0.25, 0.3) is 5.76 Å². The average molecular weight is 458 g/mol. The zero-order valence-corrected chi connectivity index (χ0v) is 19.2. The second-order valence-corrected chi connectivity index (χ2v) is 8.16. The Kier molecular flexibility index (Phi) is 6.68. The first-order valence-corrected chi connectivity index (χ1v) is 11.4. The molecule has 0 aromatic heterocycles. The Balaban J connectivity index is 1.87. The Morgan fingerprint density at radius 3 is 2.32 bits per heavy atom. The number of phenolic OH excluding ortho intramolecular Hbond substituents is 1. The standard InChI is InChI=1S/C28H27NO5/c1-3-16-34-23-7-5-6-20(17-23)26(31)24-25(19-10-14-22(30)15-11-19)29(28(33)27(24)32)21-12-8-18(4-2)9-13-21/h5-15,17,25,30-31H,3-4,16H2,1-2H3/b26-24-. The van der Waals surface area contributed by atoms with Crippen LogP contribution in [0.4, 0.5) is 5.69 Å². The zero-order chi connectivity index (χ0) is 24.2.